The van der Waals surface area contributed by atoms with Crippen molar-refractivity contribution in [1.29, 1.82) is 0 Å². The van der Waals surface area contributed by atoms with Crippen molar-refractivity contribution in [2.75, 3.05) is 20.3 Å². The quantitative estimate of drug-likeness (QED) is 0.724. The van der Waals surface area contributed by atoms with E-state index in [0.717, 1.165) is 0 Å². The Hall–Kier alpha value is -1.51. The SMILES string of the molecule is COC(=O)C1(NC(=O)Cc2cc(Br)c(F)cc2C)CCC2(CC1)OCCO2. The van der Waals surface area contributed by atoms with Crippen LogP contribution in [-0.4, -0.2) is 43.5 Å². The van der Waals surface area contributed by atoms with Gasteiger partial charge in [-0.1, -0.05) is 0 Å². The second-order valence-corrected chi connectivity index (χ2v) is 7.95. The summed E-state index contributed by atoms with van der Waals surface area (Å²) in [6, 6.07) is 2.97. The minimum absolute atomic E-state index is 0.0433. The van der Waals surface area contributed by atoms with E-state index in [0.29, 0.717) is 54.5 Å². The lowest BCUT2D eigenvalue weighted by molar-refractivity contribution is -0.192. The Morgan fingerprint density at radius 1 is 1.22 bits per heavy atom. The molecule has 0 aromatic heterocycles. The molecule has 1 saturated heterocycles. The summed E-state index contributed by atoms with van der Waals surface area (Å²) in [5, 5.41) is 2.87. The summed E-state index contributed by atoms with van der Waals surface area (Å²) >= 11 is 3.14. The highest BCUT2D eigenvalue weighted by atomic mass is 79.9. The number of hydrogen-bond acceptors (Lipinski definition) is 5. The van der Waals surface area contributed by atoms with Gasteiger partial charge in [-0.25, -0.2) is 9.18 Å². The van der Waals surface area contributed by atoms with E-state index in [9.17, 15) is 14.0 Å². The maximum atomic E-state index is 13.6. The number of aryl methyl sites for hydroxylation is 1. The van der Waals surface area contributed by atoms with Crippen LogP contribution in [0.25, 0.3) is 0 Å². The van der Waals surface area contributed by atoms with Gasteiger partial charge in [0.1, 0.15) is 11.4 Å². The van der Waals surface area contributed by atoms with Crippen molar-refractivity contribution in [3.63, 3.8) is 0 Å². The van der Waals surface area contributed by atoms with Crippen LogP contribution in [0.4, 0.5) is 4.39 Å². The number of methoxy groups -OCH3 is 1. The van der Waals surface area contributed by atoms with Crippen LogP contribution in [-0.2, 0) is 30.2 Å². The van der Waals surface area contributed by atoms with Gasteiger partial charge in [-0.15, -0.1) is 0 Å². The zero-order valence-corrected chi connectivity index (χ0v) is 17.0. The Labute approximate surface area is 165 Å². The van der Waals surface area contributed by atoms with Gasteiger partial charge in [0.15, 0.2) is 5.79 Å². The number of rotatable bonds is 4. The van der Waals surface area contributed by atoms with E-state index < -0.39 is 17.3 Å². The summed E-state index contributed by atoms with van der Waals surface area (Å²) in [6.45, 7) is 2.82. The molecule has 1 spiro atoms. The van der Waals surface area contributed by atoms with Gasteiger partial charge < -0.3 is 19.5 Å². The number of esters is 1. The largest absolute Gasteiger partial charge is 0.467 e. The Balaban J connectivity index is 1.72. The van der Waals surface area contributed by atoms with Gasteiger partial charge in [-0.3, -0.25) is 4.79 Å². The van der Waals surface area contributed by atoms with Crippen molar-refractivity contribution in [2.45, 2.75) is 50.4 Å². The first-order valence-electron chi connectivity index (χ1n) is 8.91. The van der Waals surface area contributed by atoms with Crippen LogP contribution in [0.2, 0.25) is 0 Å². The summed E-state index contributed by atoms with van der Waals surface area (Å²) in [5.41, 5.74) is 0.265. The molecule has 6 nitrogen and oxygen atoms in total. The third-order valence-electron chi connectivity index (χ3n) is 5.36. The third-order valence-corrected chi connectivity index (χ3v) is 5.97. The lowest BCUT2D eigenvalue weighted by Crippen LogP contribution is -2.59. The lowest BCUT2D eigenvalue weighted by atomic mass is 9.78. The maximum absolute atomic E-state index is 13.6. The van der Waals surface area contributed by atoms with Crippen molar-refractivity contribution in [2.24, 2.45) is 0 Å². The fourth-order valence-corrected chi connectivity index (χ4v) is 4.17. The number of carbonyl (C=O) groups excluding carboxylic acids is 2. The summed E-state index contributed by atoms with van der Waals surface area (Å²) in [5.74, 6) is -1.82. The van der Waals surface area contributed by atoms with Gasteiger partial charge >= 0.3 is 5.97 Å². The van der Waals surface area contributed by atoms with Crippen molar-refractivity contribution in [3.05, 3.63) is 33.5 Å². The molecule has 0 bridgehead atoms. The van der Waals surface area contributed by atoms with E-state index in [1.54, 1.807) is 13.0 Å². The van der Waals surface area contributed by atoms with Crippen LogP contribution >= 0.6 is 15.9 Å². The minimum atomic E-state index is -1.10. The van der Waals surface area contributed by atoms with Crippen LogP contribution in [0.5, 0.6) is 0 Å². The van der Waals surface area contributed by atoms with Crippen LogP contribution < -0.4 is 5.32 Å². The molecule has 3 rings (SSSR count). The molecule has 1 aromatic carbocycles. The van der Waals surface area contributed by atoms with Gasteiger partial charge in [-0.2, -0.15) is 0 Å². The molecule has 1 aromatic rings. The number of benzene rings is 1. The maximum Gasteiger partial charge on any atom is 0.331 e. The molecule has 1 aliphatic carbocycles. The first kappa shape index (κ1) is 20.2. The molecule has 2 aliphatic rings. The smallest absolute Gasteiger partial charge is 0.331 e. The van der Waals surface area contributed by atoms with E-state index in [1.165, 1.54) is 13.2 Å². The van der Waals surface area contributed by atoms with Gasteiger partial charge in [0.25, 0.3) is 0 Å². The van der Waals surface area contributed by atoms with Crippen LogP contribution in [0.1, 0.15) is 36.8 Å². The average Bonchev–Trinajstić information content (AvgIpc) is 3.09. The monoisotopic (exact) mass is 443 g/mol. The second-order valence-electron chi connectivity index (χ2n) is 7.10. The summed E-state index contributed by atoms with van der Waals surface area (Å²) in [6.07, 6.45) is 1.80. The van der Waals surface area contributed by atoms with E-state index in [1.807, 2.05) is 0 Å². The fourth-order valence-electron chi connectivity index (χ4n) is 3.78. The number of nitrogens with one attached hydrogen (secondary N) is 1. The Morgan fingerprint density at radius 2 is 1.85 bits per heavy atom. The summed E-state index contributed by atoms with van der Waals surface area (Å²) < 4.78 is 30.3. The van der Waals surface area contributed by atoms with Crippen molar-refractivity contribution >= 4 is 27.8 Å². The molecule has 1 amide bonds. The molecule has 2 fully saturated rings. The average molecular weight is 444 g/mol. The molecule has 27 heavy (non-hydrogen) atoms. The minimum Gasteiger partial charge on any atom is -0.467 e. The number of carbonyl (C=O) groups is 2. The second kappa shape index (κ2) is 7.85. The predicted octanol–water partition coefficient (Wildman–Crippen LogP) is 2.78. The van der Waals surface area contributed by atoms with Gasteiger partial charge in [-0.05, 0) is 59.0 Å². The Morgan fingerprint density at radius 3 is 2.44 bits per heavy atom. The molecule has 0 unspecified atom stereocenters. The highest BCUT2D eigenvalue weighted by molar-refractivity contribution is 9.10. The highest BCUT2D eigenvalue weighted by Crippen LogP contribution is 2.40. The number of hydrogen-bond donors (Lipinski definition) is 1. The molecule has 0 atom stereocenters. The molecule has 1 N–H and O–H groups in total. The standard InChI is InChI=1S/C19H23BrFNO5/c1-12-9-15(21)14(20)10-13(12)11-16(23)22-18(17(24)25-2)3-5-19(6-4-18)26-7-8-27-19/h9-10H,3-8,11H2,1-2H3,(H,22,23). The van der Waals surface area contributed by atoms with Crippen molar-refractivity contribution in [3.8, 4) is 0 Å². The topological polar surface area (TPSA) is 73.9 Å². The zero-order valence-electron chi connectivity index (χ0n) is 15.4. The predicted molar refractivity (Wildman–Crippen MR) is 98.5 cm³/mol. The number of halogens is 2. The van der Waals surface area contributed by atoms with Crippen LogP contribution in [0, 0.1) is 12.7 Å². The molecule has 1 heterocycles. The number of amides is 1. The molecule has 8 heteroatoms. The molecular formula is C19H23BrFNO5. The third kappa shape index (κ3) is 4.17. The lowest BCUT2D eigenvalue weighted by Gasteiger charge is -2.42. The molecule has 148 valence electrons. The van der Waals surface area contributed by atoms with E-state index in [-0.39, 0.29) is 18.1 Å². The zero-order chi connectivity index (χ0) is 19.7. The highest BCUT2D eigenvalue weighted by Gasteiger charge is 2.51. The summed E-state index contributed by atoms with van der Waals surface area (Å²) in [4.78, 5) is 25.1. The molecule has 0 radical (unpaired) electrons. The van der Waals surface area contributed by atoms with Crippen molar-refractivity contribution < 1.29 is 28.2 Å². The Bertz CT molecular complexity index is 738. The Kier molecular flexibility index (Phi) is 5.88. The summed E-state index contributed by atoms with van der Waals surface area (Å²) in [7, 11) is 1.31. The van der Waals surface area contributed by atoms with Crippen LogP contribution in [0.15, 0.2) is 16.6 Å². The van der Waals surface area contributed by atoms with Gasteiger partial charge in [0.2, 0.25) is 5.91 Å². The molecule has 1 saturated carbocycles. The van der Waals surface area contributed by atoms with E-state index >= 15 is 0 Å². The first-order valence-corrected chi connectivity index (χ1v) is 9.70. The van der Waals surface area contributed by atoms with E-state index in [2.05, 4.69) is 21.2 Å². The number of ether oxygens (including phenoxy) is 3. The van der Waals surface area contributed by atoms with Gasteiger partial charge in [0.05, 0.1) is 31.2 Å². The first-order chi connectivity index (χ1) is 12.8. The van der Waals surface area contributed by atoms with Crippen LogP contribution in [0.3, 0.4) is 0 Å². The van der Waals surface area contributed by atoms with Crippen molar-refractivity contribution in [1.82, 2.24) is 5.32 Å². The molecular weight excluding hydrogens is 421 g/mol. The molecule has 1 aliphatic heterocycles. The fraction of sp³-hybridized carbons (Fsp3) is 0.579. The normalized spacial score (nSPS) is 20.4. The van der Waals surface area contributed by atoms with Gasteiger partial charge in [0, 0.05) is 12.8 Å². The van der Waals surface area contributed by atoms with E-state index in [4.69, 9.17) is 14.2 Å².